The highest BCUT2D eigenvalue weighted by Gasteiger charge is 2.07. The first-order valence-electron chi connectivity index (χ1n) is 6.09. The second-order valence-corrected chi connectivity index (χ2v) is 5.06. The fraction of sp³-hybridized carbons (Fsp3) is 0.0769. The lowest BCUT2D eigenvalue weighted by molar-refractivity contribution is 0.279. The summed E-state index contributed by atoms with van der Waals surface area (Å²) < 4.78 is 8.05. The third-order valence-electron chi connectivity index (χ3n) is 2.61. The van der Waals surface area contributed by atoms with Crippen molar-refractivity contribution in [1.82, 2.24) is 24.7 Å². The number of nitrogens with zero attached hydrogens (tertiary/aromatic N) is 5. The molecular formula is C13H11BrN6O. The Labute approximate surface area is 128 Å². The summed E-state index contributed by atoms with van der Waals surface area (Å²) in [6, 6.07) is 9.70. The van der Waals surface area contributed by atoms with Crippen LogP contribution in [0.3, 0.4) is 0 Å². The van der Waals surface area contributed by atoms with E-state index in [0.717, 1.165) is 10.0 Å². The maximum Gasteiger partial charge on any atom is 0.323 e. The standard InChI is InChI=1S/C13H11BrN6O/c14-10-4-2-9(3-5-10)8-21-13-18-11(15)17-12(19-13)20-7-1-6-16-20/h1-7H,8H2,(H2,15,17,18,19). The molecule has 0 bridgehead atoms. The summed E-state index contributed by atoms with van der Waals surface area (Å²) >= 11 is 3.38. The number of rotatable bonds is 4. The number of hydrogen-bond acceptors (Lipinski definition) is 6. The summed E-state index contributed by atoms with van der Waals surface area (Å²) in [6.45, 7) is 0.343. The third-order valence-corrected chi connectivity index (χ3v) is 3.14. The Bertz CT molecular complexity index is 729. The van der Waals surface area contributed by atoms with E-state index >= 15 is 0 Å². The molecule has 0 aliphatic heterocycles. The van der Waals surface area contributed by atoms with Crippen LogP contribution in [0.4, 0.5) is 5.95 Å². The average Bonchev–Trinajstić information content (AvgIpc) is 3.00. The second kappa shape index (κ2) is 5.88. The molecule has 2 N–H and O–H groups in total. The van der Waals surface area contributed by atoms with E-state index in [1.54, 1.807) is 18.5 Å². The zero-order valence-electron chi connectivity index (χ0n) is 10.8. The molecule has 2 heterocycles. The fourth-order valence-corrected chi connectivity index (χ4v) is 1.91. The van der Waals surface area contributed by atoms with Crippen molar-refractivity contribution in [3.8, 4) is 12.0 Å². The number of aromatic nitrogens is 5. The summed E-state index contributed by atoms with van der Waals surface area (Å²) in [6.07, 6.45) is 3.34. The maximum atomic E-state index is 5.66. The zero-order valence-corrected chi connectivity index (χ0v) is 12.4. The number of benzene rings is 1. The quantitative estimate of drug-likeness (QED) is 0.776. The molecule has 3 aromatic rings. The van der Waals surface area contributed by atoms with Gasteiger partial charge in [-0.05, 0) is 23.8 Å². The highest BCUT2D eigenvalue weighted by molar-refractivity contribution is 9.10. The van der Waals surface area contributed by atoms with Crippen LogP contribution in [0.1, 0.15) is 5.56 Å². The Morgan fingerprint density at radius 3 is 2.67 bits per heavy atom. The van der Waals surface area contributed by atoms with Gasteiger partial charge in [-0.3, -0.25) is 0 Å². The van der Waals surface area contributed by atoms with E-state index in [1.807, 2.05) is 24.3 Å². The van der Waals surface area contributed by atoms with Crippen LogP contribution in [0, 0.1) is 0 Å². The normalized spacial score (nSPS) is 10.5. The van der Waals surface area contributed by atoms with Gasteiger partial charge in [0.2, 0.25) is 5.95 Å². The minimum absolute atomic E-state index is 0.0845. The van der Waals surface area contributed by atoms with Gasteiger partial charge in [-0.2, -0.15) is 20.1 Å². The van der Waals surface area contributed by atoms with Crippen molar-refractivity contribution in [2.24, 2.45) is 0 Å². The molecule has 0 saturated heterocycles. The summed E-state index contributed by atoms with van der Waals surface area (Å²) in [5.74, 6) is 0.402. The monoisotopic (exact) mass is 346 g/mol. The minimum atomic E-state index is 0.0845. The van der Waals surface area contributed by atoms with Gasteiger partial charge < -0.3 is 10.5 Å². The number of halogens is 1. The van der Waals surface area contributed by atoms with Gasteiger partial charge >= 0.3 is 6.01 Å². The van der Waals surface area contributed by atoms with E-state index in [0.29, 0.717) is 12.6 Å². The van der Waals surface area contributed by atoms with E-state index in [2.05, 4.69) is 36.0 Å². The number of nitrogens with two attached hydrogens (primary N) is 1. The van der Waals surface area contributed by atoms with Gasteiger partial charge in [-0.15, -0.1) is 0 Å². The summed E-state index contributed by atoms with van der Waals surface area (Å²) in [5, 5.41) is 4.04. The van der Waals surface area contributed by atoms with Crippen molar-refractivity contribution >= 4 is 21.9 Å². The predicted octanol–water partition coefficient (Wildman–Crippen LogP) is 1.98. The highest BCUT2D eigenvalue weighted by atomic mass is 79.9. The summed E-state index contributed by atoms with van der Waals surface area (Å²) in [5.41, 5.74) is 6.66. The second-order valence-electron chi connectivity index (χ2n) is 4.14. The maximum absolute atomic E-state index is 5.66. The Balaban J connectivity index is 1.78. The molecule has 7 nitrogen and oxygen atoms in total. The average molecular weight is 347 g/mol. The topological polar surface area (TPSA) is 91.7 Å². The first-order valence-corrected chi connectivity index (χ1v) is 6.89. The molecule has 106 valence electrons. The first-order chi connectivity index (χ1) is 10.2. The number of hydrogen-bond donors (Lipinski definition) is 1. The lowest BCUT2D eigenvalue weighted by Crippen LogP contribution is -2.09. The Kier molecular flexibility index (Phi) is 3.78. The molecule has 21 heavy (non-hydrogen) atoms. The summed E-state index contributed by atoms with van der Waals surface area (Å²) in [4.78, 5) is 12.1. The molecular weight excluding hydrogens is 336 g/mol. The zero-order chi connectivity index (χ0) is 14.7. The van der Waals surface area contributed by atoms with Crippen molar-refractivity contribution in [2.75, 3.05) is 5.73 Å². The van der Waals surface area contributed by atoms with Crippen LogP contribution in [0.5, 0.6) is 6.01 Å². The van der Waals surface area contributed by atoms with E-state index in [-0.39, 0.29) is 12.0 Å². The van der Waals surface area contributed by atoms with Crippen LogP contribution in [0.25, 0.3) is 5.95 Å². The van der Waals surface area contributed by atoms with E-state index in [4.69, 9.17) is 10.5 Å². The van der Waals surface area contributed by atoms with Crippen molar-refractivity contribution < 1.29 is 4.74 Å². The van der Waals surface area contributed by atoms with Crippen LogP contribution in [-0.2, 0) is 6.61 Å². The molecule has 8 heteroatoms. The van der Waals surface area contributed by atoms with E-state index < -0.39 is 0 Å². The van der Waals surface area contributed by atoms with E-state index in [1.165, 1.54) is 4.68 Å². The van der Waals surface area contributed by atoms with Crippen LogP contribution in [0.2, 0.25) is 0 Å². The molecule has 0 radical (unpaired) electrons. The van der Waals surface area contributed by atoms with Gasteiger partial charge in [0, 0.05) is 16.9 Å². The largest absolute Gasteiger partial charge is 0.458 e. The fourth-order valence-electron chi connectivity index (χ4n) is 1.64. The molecule has 0 unspecified atom stereocenters. The number of anilines is 1. The van der Waals surface area contributed by atoms with Gasteiger partial charge in [-0.1, -0.05) is 28.1 Å². The van der Waals surface area contributed by atoms with Gasteiger partial charge in [0.05, 0.1) is 0 Å². The number of ether oxygens (including phenoxy) is 1. The third kappa shape index (κ3) is 3.34. The van der Waals surface area contributed by atoms with Gasteiger partial charge in [0.25, 0.3) is 5.95 Å². The molecule has 3 rings (SSSR count). The Morgan fingerprint density at radius 1 is 1.14 bits per heavy atom. The molecule has 1 aromatic carbocycles. The van der Waals surface area contributed by atoms with Crippen molar-refractivity contribution in [3.05, 3.63) is 52.8 Å². The lowest BCUT2D eigenvalue weighted by atomic mass is 10.2. The number of nitrogen functional groups attached to an aromatic ring is 1. The molecule has 0 aliphatic rings. The highest BCUT2D eigenvalue weighted by Crippen LogP contribution is 2.13. The molecule has 0 aliphatic carbocycles. The van der Waals surface area contributed by atoms with Crippen molar-refractivity contribution in [2.45, 2.75) is 6.61 Å². The SMILES string of the molecule is Nc1nc(OCc2ccc(Br)cc2)nc(-n2cccn2)n1. The van der Waals surface area contributed by atoms with Crippen LogP contribution < -0.4 is 10.5 Å². The molecule has 0 saturated carbocycles. The Hall–Kier alpha value is -2.48. The van der Waals surface area contributed by atoms with Crippen LogP contribution >= 0.6 is 15.9 Å². The lowest BCUT2D eigenvalue weighted by Gasteiger charge is -2.06. The van der Waals surface area contributed by atoms with Gasteiger partial charge in [0.1, 0.15) is 6.61 Å². The smallest absolute Gasteiger partial charge is 0.323 e. The molecule has 0 amide bonds. The first kappa shape index (κ1) is 13.5. The van der Waals surface area contributed by atoms with E-state index in [9.17, 15) is 0 Å². The van der Waals surface area contributed by atoms with Gasteiger partial charge in [-0.25, -0.2) is 4.68 Å². The molecule has 0 fully saturated rings. The van der Waals surface area contributed by atoms with Gasteiger partial charge in [0.15, 0.2) is 0 Å². The van der Waals surface area contributed by atoms with Crippen molar-refractivity contribution in [1.29, 1.82) is 0 Å². The van der Waals surface area contributed by atoms with Crippen LogP contribution in [0.15, 0.2) is 47.2 Å². The summed E-state index contributed by atoms with van der Waals surface area (Å²) in [7, 11) is 0. The molecule has 0 atom stereocenters. The van der Waals surface area contributed by atoms with Crippen LogP contribution in [-0.4, -0.2) is 24.7 Å². The minimum Gasteiger partial charge on any atom is -0.458 e. The van der Waals surface area contributed by atoms with Crippen molar-refractivity contribution in [3.63, 3.8) is 0 Å². The molecule has 0 spiro atoms. The molecule has 2 aromatic heterocycles. The Morgan fingerprint density at radius 2 is 1.95 bits per heavy atom. The predicted molar refractivity (Wildman–Crippen MR) is 79.8 cm³/mol.